The molecule has 1 atom stereocenters. The molecule has 1 amide bonds. The largest absolute Gasteiger partial charge is 0.337 e. The number of aromatic nitrogens is 1. The third-order valence-electron chi connectivity index (χ3n) is 3.59. The van der Waals surface area contributed by atoms with Crippen LogP contribution in [-0.2, 0) is 0 Å². The maximum atomic E-state index is 12.6. The van der Waals surface area contributed by atoms with Crippen LogP contribution in [0, 0.1) is 6.92 Å². The maximum absolute atomic E-state index is 12.6. The fourth-order valence-electron chi connectivity index (χ4n) is 2.63. The van der Waals surface area contributed by atoms with E-state index < -0.39 is 0 Å². The lowest BCUT2D eigenvalue weighted by atomic mass is 10.1. The number of amides is 1. The zero-order valence-electron chi connectivity index (χ0n) is 11.0. The third kappa shape index (κ3) is 2.19. The predicted octanol–water partition coefficient (Wildman–Crippen LogP) is 1.72. The van der Waals surface area contributed by atoms with Gasteiger partial charge < -0.3 is 10.6 Å². The first-order chi connectivity index (χ1) is 9.15. The highest BCUT2D eigenvalue weighted by molar-refractivity contribution is 6.06. The van der Waals surface area contributed by atoms with E-state index in [9.17, 15) is 4.79 Å². The third-order valence-corrected chi connectivity index (χ3v) is 3.59. The SMILES string of the molecule is Cc1cc(C(=O)N2CC[C@@H](N)C2)c2ccccc2n1. The van der Waals surface area contributed by atoms with Gasteiger partial charge in [0, 0.05) is 30.2 Å². The van der Waals surface area contributed by atoms with Gasteiger partial charge in [-0.15, -0.1) is 0 Å². The van der Waals surface area contributed by atoms with Crippen molar-refractivity contribution in [3.8, 4) is 0 Å². The molecular formula is C15H17N3O. The van der Waals surface area contributed by atoms with Gasteiger partial charge in [-0.2, -0.15) is 0 Å². The van der Waals surface area contributed by atoms with Crippen molar-refractivity contribution in [3.63, 3.8) is 0 Å². The van der Waals surface area contributed by atoms with E-state index in [4.69, 9.17) is 5.73 Å². The average Bonchev–Trinajstić information content (AvgIpc) is 2.83. The van der Waals surface area contributed by atoms with Crippen LogP contribution in [-0.4, -0.2) is 34.9 Å². The number of hydrogen-bond donors (Lipinski definition) is 1. The molecule has 0 saturated carbocycles. The van der Waals surface area contributed by atoms with Crippen LogP contribution in [0.1, 0.15) is 22.5 Å². The smallest absolute Gasteiger partial charge is 0.254 e. The molecule has 4 heteroatoms. The highest BCUT2D eigenvalue weighted by atomic mass is 16.2. The molecule has 0 unspecified atom stereocenters. The summed E-state index contributed by atoms with van der Waals surface area (Å²) in [6, 6.07) is 9.74. The van der Waals surface area contributed by atoms with Gasteiger partial charge >= 0.3 is 0 Å². The molecule has 1 aliphatic heterocycles. The Balaban J connectivity index is 2.06. The van der Waals surface area contributed by atoms with E-state index in [-0.39, 0.29) is 11.9 Å². The summed E-state index contributed by atoms with van der Waals surface area (Å²) in [6.45, 7) is 3.31. The fraction of sp³-hybridized carbons (Fsp3) is 0.333. The molecular weight excluding hydrogens is 238 g/mol. The van der Waals surface area contributed by atoms with Crippen LogP contribution in [0.3, 0.4) is 0 Å². The second kappa shape index (κ2) is 4.63. The second-order valence-electron chi connectivity index (χ2n) is 5.13. The molecule has 1 aromatic carbocycles. The monoisotopic (exact) mass is 255 g/mol. The van der Waals surface area contributed by atoms with E-state index in [1.807, 2.05) is 42.2 Å². The van der Waals surface area contributed by atoms with Crippen molar-refractivity contribution in [1.29, 1.82) is 0 Å². The number of nitrogens with zero attached hydrogens (tertiary/aromatic N) is 2. The van der Waals surface area contributed by atoms with Gasteiger partial charge in [0.1, 0.15) is 0 Å². The van der Waals surface area contributed by atoms with Crippen molar-refractivity contribution < 1.29 is 4.79 Å². The molecule has 0 aliphatic carbocycles. The number of carbonyl (C=O) groups excluding carboxylic acids is 1. The quantitative estimate of drug-likeness (QED) is 0.844. The van der Waals surface area contributed by atoms with Crippen LogP contribution in [0.2, 0.25) is 0 Å². The number of benzene rings is 1. The molecule has 98 valence electrons. The first-order valence-corrected chi connectivity index (χ1v) is 6.56. The van der Waals surface area contributed by atoms with Crippen molar-refractivity contribution in [2.75, 3.05) is 13.1 Å². The Hall–Kier alpha value is -1.94. The molecule has 1 fully saturated rings. The molecule has 0 radical (unpaired) electrons. The van der Waals surface area contributed by atoms with Crippen LogP contribution >= 0.6 is 0 Å². The van der Waals surface area contributed by atoms with Crippen molar-refractivity contribution in [2.24, 2.45) is 5.73 Å². The Kier molecular flexibility index (Phi) is 2.95. The van der Waals surface area contributed by atoms with Gasteiger partial charge in [0.25, 0.3) is 5.91 Å². The molecule has 2 aromatic rings. The molecule has 3 rings (SSSR count). The molecule has 4 nitrogen and oxygen atoms in total. The molecule has 0 spiro atoms. The van der Waals surface area contributed by atoms with Crippen molar-refractivity contribution in [3.05, 3.63) is 41.6 Å². The second-order valence-corrected chi connectivity index (χ2v) is 5.13. The molecule has 2 N–H and O–H groups in total. The number of pyridine rings is 1. The molecule has 1 aromatic heterocycles. The van der Waals surface area contributed by atoms with E-state index in [1.54, 1.807) is 0 Å². The lowest BCUT2D eigenvalue weighted by Gasteiger charge is -2.17. The number of hydrogen-bond acceptors (Lipinski definition) is 3. The van der Waals surface area contributed by atoms with Gasteiger partial charge in [-0.05, 0) is 25.5 Å². The van der Waals surface area contributed by atoms with E-state index in [1.165, 1.54) is 0 Å². The zero-order valence-corrected chi connectivity index (χ0v) is 11.0. The first kappa shape index (κ1) is 12.1. The van der Waals surface area contributed by atoms with Gasteiger partial charge in [0.15, 0.2) is 0 Å². The summed E-state index contributed by atoms with van der Waals surface area (Å²) < 4.78 is 0. The normalized spacial score (nSPS) is 19.1. The summed E-state index contributed by atoms with van der Waals surface area (Å²) >= 11 is 0. The number of para-hydroxylation sites is 1. The fourth-order valence-corrected chi connectivity index (χ4v) is 2.63. The summed E-state index contributed by atoms with van der Waals surface area (Å²) in [5, 5.41) is 0.915. The summed E-state index contributed by atoms with van der Waals surface area (Å²) in [6.07, 6.45) is 0.883. The Morgan fingerprint density at radius 2 is 2.21 bits per heavy atom. The van der Waals surface area contributed by atoms with Gasteiger partial charge in [-0.25, -0.2) is 0 Å². The zero-order chi connectivity index (χ0) is 13.4. The van der Waals surface area contributed by atoms with Crippen LogP contribution in [0.4, 0.5) is 0 Å². The van der Waals surface area contributed by atoms with Crippen molar-refractivity contribution in [2.45, 2.75) is 19.4 Å². The predicted molar refractivity (Wildman–Crippen MR) is 75.0 cm³/mol. The lowest BCUT2D eigenvalue weighted by molar-refractivity contribution is 0.0792. The average molecular weight is 255 g/mol. The minimum atomic E-state index is 0.0645. The number of rotatable bonds is 1. The molecule has 2 heterocycles. The highest BCUT2D eigenvalue weighted by Gasteiger charge is 2.25. The summed E-state index contributed by atoms with van der Waals surface area (Å²) in [7, 11) is 0. The van der Waals surface area contributed by atoms with Crippen molar-refractivity contribution in [1.82, 2.24) is 9.88 Å². The molecule has 0 bridgehead atoms. The number of carbonyl (C=O) groups is 1. The Morgan fingerprint density at radius 3 is 2.95 bits per heavy atom. The van der Waals surface area contributed by atoms with Gasteiger partial charge in [0.2, 0.25) is 0 Å². The van der Waals surface area contributed by atoms with E-state index in [0.717, 1.165) is 35.1 Å². The van der Waals surface area contributed by atoms with Crippen molar-refractivity contribution >= 4 is 16.8 Å². The maximum Gasteiger partial charge on any atom is 0.254 e. The number of likely N-dealkylation sites (tertiary alicyclic amines) is 1. The topological polar surface area (TPSA) is 59.2 Å². The van der Waals surface area contributed by atoms with E-state index in [0.29, 0.717) is 6.54 Å². The summed E-state index contributed by atoms with van der Waals surface area (Å²) in [4.78, 5) is 18.9. The summed E-state index contributed by atoms with van der Waals surface area (Å²) in [5.41, 5.74) is 8.35. The van der Waals surface area contributed by atoms with E-state index >= 15 is 0 Å². The standard InChI is InChI=1S/C15H17N3O/c1-10-8-13(12-4-2-3-5-14(12)17-10)15(19)18-7-6-11(16)9-18/h2-5,8,11H,6-7,9,16H2,1H3/t11-/m1/s1. The van der Waals surface area contributed by atoms with Crippen LogP contribution in [0.15, 0.2) is 30.3 Å². The Labute approximate surface area is 112 Å². The van der Waals surface area contributed by atoms with Gasteiger partial charge in [-0.3, -0.25) is 9.78 Å². The lowest BCUT2D eigenvalue weighted by Crippen LogP contribution is -2.32. The molecule has 1 aliphatic rings. The van der Waals surface area contributed by atoms with Crippen LogP contribution in [0.5, 0.6) is 0 Å². The molecule has 1 saturated heterocycles. The highest BCUT2D eigenvalue weighted by Crippen LogP contribution is 2.21. The van der Waals surface area contributed by atoms with Crippen LogP contribution in [0.25, 0.3) is 10.9 Å². The Morgan fingerprint density at radius 1 is 1.42 bits per heavy atom. The summed E-state index contributed by atoms with van der Waals surface area (Å²) in [5.74, 6) is 0.0645. The minimum Gasteiger partial charge on any atom is -0.337 e. The Bertz CT molecular complexity index is 638. The van der Waals surface area contributed by atoms with Crippen LogP contribution < -0.4 is 5.73 Å². The van der Waals surface area contributed by atoms with Gasteiger partial charge in [0.05, 0.1) is 11.1 Å². The number of nitrogens with two attached hydrogens (primary N) is 1. The minimum absolute atomic E-state index is 0.0645. The van der Waals surface area contributed by atoms with E-state index in [2.05, 4.69) is 4.98 Å². The van der Waals surface area contributed by atoms with Gasteiger partial charge in [-0.1, -0.05) is 18.2 Å². The first-order valence-electron chi connectivity index (χ1n) is 6.56. The number of aryl methyl sites for hydroxylation is 1. The molecule has 19 heavy (non-hydrogen) atoms. The number of fused-ring (bicyclic) bond motifs is 1.